The third kappa shape index (κ3) is 2.41. The summed E-state index contributed by atoms with van der Waals surface area (Å²) in [4.78, 5) is 26.9. The minimum atomic E-state index is -1.06. The van der Waals surface area contributed by atoms with Crippen LogP contribution in [0.4, 0.5) is 10.5 Å². The van der Waals surface area contributed by atoms with Crippen molar-refractivity contribution in [3.05, 3.63) is 23.8 Å². The van der Waals surface area contributed by atoms with Gasteiger partial charge < -0.3 is 14.7 Å². The first kappa shape index (κ1) is 14.2. The van der Waals surface area contributed by atoms with Gasteiger partial charge in [0.05, 0.1) is 12.2 Å². The van der Waals surface area contributed by atoms with Crippen molar-refractivity contribution in [2.24, 2.45) is 0 Å². The van der Waals surface area contributed by atoms with E-state index in [1.54, 1.807) is 21.9 Å². The molecule has 1 heterocycles. The standard InChI is InChI=1S/C14H18N2O4/c1-3-15(4-2)14(19)16-8-9-20-12-10(13(17)18)6-5-7-11(12)16/h5-7H,3-4,8-9H2,1-2H3,(H,17,18). The summed E-state index contributed by atoms with van der Waals surface area (Å²) >= 11 is 0. The van der Waals surface area contributed by atoms with Crippen molar-refractivity contribution in [1.29, 1.82) is 0 Å². The van der Waals surface area contributed by atoms with E-state index in [0.717, 1.165) is 0 Å². The number of para-hydroxylation sites is 1. The summed E-state index contributed by atoms with van der Waals surface area (Å²) in [5.41, 5.74) is 0.604. The van der Waals surface area contributed by atoms with Gasteiger partial charge in [0.15, 0.2) is 5.75 Å². The van der Waals surface area contributed by atoms with Crippen LogP contribution in [0.15, 0.2) is 18.2 Å². The molecule has 1 aliphatic rings. The average molecular weight is 278 g/mol. The highest BCUT2D eigenvalue weighted by atomic mass is 16.5. The maximum atomic E-state index is 12.5. The third-order valence-electron chi connectivity index (χ3n) is 3.34. The van der Waals surface area contributed by atoms with Gasteiger partial charge in [-0.25, -0.2) is 9.59 Å². The number of carboxylic acids is 1. The van der Waals surface area contributed by atoms with Gasteiger partial charge in [0.2, 0.25) is 0 Å². The van der Waals surface area contributed by atoms with E-state index < -0.39 is 5.97 Å². The van der Waals surface area contributed by atoms with Crippen molar-refractivity contribution in [2.75, 3.05) is 31.1 Å². The lowest BCUT2D eigenvalue weighted by Crippen LogP contribution is -2.46. The highest BCUT2D eigenvalue weighted by Gasteiger charge is 2.29. The smallest absolute Gasteiger partial charge is 0.339 e. The number of ether oxygens (including phenoxy) is 1. The van der Waals surface area contributed by atoms with E-state index in [1.807, 2.05) is 13.8 Å². The van der Waals surface area contributed by atoms with E-state index in [4.69, 9.17) is 4.74 Å². The molecule has 0 radical (unpaired) electrons. The molecule has 20 heavy (non-hydrogen) atoms. The van der Waals surface area contributed by atoms with E-state index >= 15 is 0 Å². The second-order valence-electron chi connectivity index (χ2n) is 4.41. The van der Waals surface area contributed by atoms with Crippen LogP contribution in [0.1, 0.15) is 24.2 Å². The van der Waals surface area contributed by atoms with Gasteiger partial charge in [-0.2, -0.15) is 0 Å². The number of carboxylic acid groups (broad SMARTS) is 1. The maximum absolute atomic E-state index is 12.5. The second kappa shape index (κ2) is 5.81. The van der Waals surface area contributed by atoms with Crippen LogP contribution in [0.25, 0.3) is 0 Å². The van der Waals surface area contributed by atoms with Crippen molar-refractivity contribution in [3.63, 3.8) is 0 Å². The van der Waals surface area contributed by atoms with Crippen LogP contribution in [0.3, 0.4) is 0 Å². The van der Waals surface area contributed by atoms with Gasteiger partial charge in [0.1, 0.15) is 12.2 Å². The summed E-state index contributed by atoms with van der Waals surface area (Å²) in [7, 11) is 0. The van der Waals surface area contributed by atoms with Crippen LogP contribution in [0, 0.1) is 0 Å². The molecule has 0 saturated heterocycles. The number of anilines is 1. The lowest BCUT2D eigenvalue weighted by atomic mass is 10.1. The van der Waals surface area contributed by atoms with E-state index in [2.05, 4.69) is 0 Å². The highest BCUT2D eigenvalue weighted by Crippen LogP contribution is 2.35. The van der Waals surface area contributed by atoms with Gasteiger partial charge >= 0.3 is 12.0 Å². The minimum Gasteiger partial charge on any atom is -0.489 e. The lowest BCUT2D eigenvalue weighted by molar-refractivity contribution is 0.0691. The van der Waals surface area contributed by atoms with Crippen molar-refractivity contribution in [1.82, 2.24) is 4.90 Å². The maximum Gasteiger partial charge on any atom is 0.339 e. The van der Waals surface area contributed by atoms with Crippen LogP contribution in [0.5, 0.6) is 5.75 Å². The Labute approximate surface area is 117 Å². The van der Waals surface area contributed by atoms with Crippen LogP contribution >= 0.6 is 0 Å². The van der Waals surface area contributed by atoms with Gasteiger partial charge in [0, 0.05) is 13.1 Å². The Morgan fingerprint density at radius 2 is 2.05 bits per heavy atom. The molecule has 108 valence electrons. The summed E-state index contributed by atoms with van der Waals surface area (Å²) in [6.45, 7) is 5.77. The van der Waals surface area contributed by atoms with E-state index in [9.17, 15) is 14.7 Å². The molecule has 1 aliphatic heterocycles. The van der Waals surface area contributed by atoms with Crippen molar-refractivity contribution >= 4 is 17.7 Å². The third-order valence-corrected chi connectivity index (χ3v) is 3.34. The summed E-state index contributed by atoms with van der Waals surface area (Å²) < 4.78 is 5.45. The number of hydrogen-bond acceptors (Lipinski definition) is 3. The van der Waals surface area contributed by atoms with E-state index in [0.29, 0.717) is 31.9 Å². The number of aromatic carboxylic acids is 1. The number of hydrogen-bond donors (Lipinski definition) is 1. The summed E-state index contributed by atoms with van der Waals surface area (Å²) in [6, 6.07) is 4.69. The molecule has 2 rings (SSSR count). The molecular formula is C14H18N2O4. The summed E-state index contributed by atoms with van der Waals surface area (Å²) in [6.07, 6.45) is 0. The Balaban J connectivity index is 2.40. The summed E-state index contributed by atoms with van der Waals surface area (Å²) in [5, 5.41) is 9.17. The number of carbonyl (C=O) groups excluding carboxylic acids is 1. The molecule has 0 saturated carbocycles. The molecule has 0 bridgehead atoms. The molecule has 0 aromatic heterocycles. The number of amides is 2. The van der Waals surface area contributed by atoms with Gasteiger partial charge in [0.25, 0.3) is 0 Å². The fourth-order valence-corrected chi connectivity index (χ4v) is 2.28. The van der Waals surface area contributed by atoms with Crippen LogP contribution in [-0.4, -0.2) is 48.2 Å². The fraction of sp³-hybridized carbons (Fsp3) is 0.429. The van der Waals surface area contributed by atoms with Crippen molar-refractivity contribution < 1.29 is 19.4 Å². The average Bonchev–Trinajstić information content (AvgIpc) is 2.46. The molecule has 1 aromatic carbocycles. The molecule has 6 heteroatoms. The van der Waals surface area contributed by atoms with Crippen LogP contribution in [0.2, 0.25) is 0 Å². The number of nitrogens with zero attached hydrogens (tertiary/aromatic N) is 2. The number of urea groups is 1. The molecule has 0 unspecified atom stereocenters. The van der Waals surface area contributed by atoms with E-state index in [1.165, 1.54) is 6.07 Å². The molecule has 1 aromatic rings. The molecule has 0 aliphatic carbocycles. The Kier molecular flexibility index (Phi) is 4.12. The van der Waals surface area contributed by atoms with E-state index in [-0.39, 0.29) is 17.3 Å². The molecule has 0 spiro atoms. The zero-order chi connectivity index (χ0) is 14.7. The Hall–Kier alpha value is -2.24. The Morgan fingerprint density at radius 1 is 1.35 bits per heavy atom. The zero-order valence-corrected chi connectivity index (χ0v) is 11.6. The number of carbonyl (C=O) groups is 2. The number of benzene rings is 1. The monoisotopic (exact) mass is 278 g/mol. The largest absolute Gasteiger partial charge is 0.489 e. The van der Waals surface area contributed by atoms with Gasteiger partial charge in [-0.05, 0) is 26.0 Å². The first-order valence-corrected chi connectivity index (χ1v) is 6.65. The minimum absolute atomic E-state index is 0.0829. The quantitative estimate of drug-likeness (QED) is 0.918. The highest BCUT2D eigenvalue weighted by molar-refractivity contribution is 5.99. The Bertz CT molecular complexity index is 526. The first-order chi connectivity index (χ1) is 9.60. The molecule has 0 atom stereocenters. The number of fused-ring (bicyclic) bond motifs is 1. The van der Waals surface area contributed by atoms with Crippen LogP contribution < -0.4 is 9.64 Å². The van der Waals surface area contributed by atoms with Gasteiger partial charge in [-0.1, -0.05) is 6.07 Å². The lowest BCUT2D eigenvalue weighted by Gasteiger charge is -2.33. The predicted molar refractivity (Wildman–Crippen MR) is 74.6 cm³/mol. The van der Waals surface area contributed by atoms with Crippen molar-refractivity contribution in [2.45, 2.75) is 13.8 Å². The second-order valence-corrected chi connectivity index (χ2v) is 4.41. The SMILES string of the molecule is CCN(CC)C(=O)N1CCOc2c(C(=O)O)cccc21. The molecule has 1 N–H and O–H groups in total. The van der Waals surface area contributed by atoms with Gasteiger partial charge in [-0.3, -0.25) is 4.90 Å². The predicted octanol–water partition coefficient (Wildman–Crippen LogP) is 2.05. The van der Waals surface area contributed by atoms with Crippen LogP contribution in [-0.2, 0) is 0 Å². The fourth-order valence-electron chi connectivity index (χ4n) is 2.28. The molecule has 0 fully saturated rings. The van der Waals surface area contributed by atoms with Crippen molar-refractivity contribution in [3.8, 4) is 5.75 Å². The zero-order valence-electron chi connectivity index (χ0n) is 11.6. The molecular weight excluding hydrogens is 260 g/mol. The van der Waals surface area contributed by atoms with Gasteiger partial charge in [-0.15, -0.1) is 0 Å². The summed E-state index contributed by atoms with van der Waals surface area (Å²) in [5.74, 6) is -0.786. The topological polar surface area (TPSA) is 70.1 Å². The molecule has 2 amide bonds. The first-order valence-electron chi connectivity index (χ1n) is 6.65. The molecule has 6 nitrogen and oxygen atoms in total. The number of rotatable bonds is 3. The normalized spacial score (nSPS) is 13.4. The Morgan fingerprint density at radius 3 is 2.65 bits per heavy atom.